The summed E-state index contributed by atoms with van der Waals surface area (Å²) in [5, 5.41) is 3.30. The number of hydrogen-bond donors (Lipinski definition) is 1. The number of benzene rings is 2. The van der Waals surface area contributed by atoms with Gasteiger partial charge >= 0.3 is 6.18 Å². The van der Waals surface area contributed by atoms with Gasteiger partial charge in [0.25, 0.3) is 5.91 Å². The lowest BCUT2D eigenvalue weighted by molar-refractivity contribution is -0.137. The number of aromatic nitrogens is 1. The van der Waals surface area contributed by atoms with E-state index in [4.69, 9.17) is 16.0 Å². The molecule has 0 fully saturated rings. The second kappa shape index (κ2) is 10.2. The summed E-state index contributed by atoms with van der Waals surface area (Å²) >= 11 is 6.08. The van der Waals surface area contributed by atoms with Gasteiger partial charge in [0.1, 0.15) is 6.26 Å². The molecule has 3 aromatic rings. The molecule has 1 amide bonds. The van der Waals surface area contributed by atoms with Crippen molar-refractivity contribution in [1.82, 2.24) is 15.2 Å². The molecule has 1 N–H and O–H groups in total. The Balaban J connectivity index is 1.82. The van der Waals surface area contributed by atoms with Gasteiger partial charge < -0.3 is 9.73 Å². The number of oxazole rings is 1. The molecule has 0 saturated heterocycles. The summed E-state index contributed by atoms with van der Waals surface area (Å²) in [6.07, 6.45) is -3.15. The highest BCUT2D eigenvalue weighted by molar-refractivity contribution is 6.30. The number of nitrogens with zero attached hydrogens (tertiary/aromatic N) is 2. The SMILES string of the molecule is CC(C)NC(=O)c1coc(CN(Cc2cccc(Cl)c2)Cc2cccc(C(F)(F)F)c2)n1. The van der Waals surface area contributed by atoms with Crippen LogP contribution in [-0.4, -0.2) is 21.8 Å². The summed E-state index contributed by atoms with van der Waals surface area (Å²) in [5.74, 6) is -0.0674. The van der Waals surface area contributed by atoms with Gasteiger partial charge in [0.2, 0.25) is 5.89 Å². The molecule has 0 aliphatic rings. The summed E-state index contributed by atoms with van der Waals surface area (Å²) in [7, 11) is 0. The van der Waals surface area contributed by atoms with Gasteiger partial charge in [-0.3, -0.25) is 9.69 Å². The van der Waals surface area contributed by atoms with Gasteiger partial charge in [-0.15, -0.1) is 0 Å². The minimum atomic E-state index is -4.42. The minimum absolute atomic E-state index is 0.0529. The Morgan fingerprint density at radius 2 is 1.75 bits per heavy atom. The first-order valence-corrected chi connectivity index (χ1v) is 10.4. The lowest BCUT2D eigenvalue weighted by Crippen LogP contribution is -2.30. The number of carbonyl (C=O) groups is 1. The van der Waals surface area contributed by atoms with E-state index in [1.54, 1.807) is 24.3 Å². The minimum Gasteiger partial charge on any atom is -0.447 e. The van der Waals surface area contributed by atoms with Gasteiger partial charge in [-0.05, 0) is 43.2 Å². The second-order valence-corrected chi connectivity index (χ2v) is 8.16. The van der Waals surface area contributed by atoms with E-state index < -0.39 is 11.7 Å². The normalized spacial score (nSPS) is 11.9. The van der Waals surface area contributed by atoms with Crippen LogP contribution in [0.2, 0.25) is 5.02 Å². The van der Waals surface area contributed by atoms with E-state index in [2.05, 4.69) is 10.3 Å². The molecule has 1 aromatic heterocycles. The zero-order valence-electron chi connectivity index (χ0n) is 17.6. The maximum atomic E-state index is 13.1. The van der Waals surface area contributed by atoms with Gasteiger partial charge in [-0.1, -0.05) is 41.9 Å². The highest BCUT2D eigenvalue weighted by Crippen LogP contribution is 2.30. The van der Waals surface area contributed by atoms with E-state index in [0.29, 0.717) is 17.1 Å². The number of alkyl halides is 3. The first-order valence-electron chi connectivity index (χ1n) is 9.98. The topological polar surface area (TPSA) is 58.4 Å². The Bertz CT molecular complexity index is 1070. The van der Waals surface area contributed by atoms with Crippen molar-refractivity contribution in [3.8, 4) is 0 Å². The summed E-state index contributed by atoms with van der Waals surface area (Å²) in [6, 6.07) is 12.4. The summed E-state index contributed by atoms with van der Waals surface area (Å²) in [5.41, 5.74) is 0.817. The first-order chi connectivity index (χ1) is 15.1. The molecular formula is C23H23ClF3N3O2. The highest BCUT2D eigenvalue weighted by atomic mass is 35.5. The molecule has 0 bridgehead atoms. The van der Waals surface area contributed by atoms with Crippen LogP contribution in [0.5, 0.6) is 0 Å². The van der Waals surface area contributed by atoms with E-state index in [1.165, 1.54) is 12.3 Å². The average molecular weight is 466 g/mol. The van der Waals surface area contributed by atoms with Gasteiger partial charge in [0, 0.05) is 24.2 Å². The highest BCUT2D eigenvalue weighted by Gasteiger charge is 2.30. The van der Waals surface area contributed by atoms with Crippen molar-refractivity contribution in [2.75, 3.05) is 0 Å². The van der Waals surface area contributed by atoms with E-state index in [-0.39, 0.29) is 36.6 Å². The fourth-order valence-corrected chi connectivity index (χ4v) is 3.39. The van der Waals surface area contributed by atoms with Gasteiger partial charge in [-0.25, -0.2) is 4.98 Å². The second-order valence-electron chi connectivity index (χ2n) is 7.73. The van der Waals surface area contributed by atoms with Crippen molar-refractivity contribution in [2.24, 2.45) is 0 Å². The number of amides is 1. The summed E-state index contributed by atoms with van der Waals surface area (Å²) in [4.78, 5) is 18.2. The van der Waals surface area contributed by atoms with Crippen LogP contribution in [0.15, 0.2) is 59.2 Å². The predicted octanol–water partition coefficient (Wildman–Crippen LogP) is 5.69. The molecular weight excluding hydrogens is 443 g/mol. The van der Waals surface area contributed by atoms with E-state index in [9.17, 15) is 18.0 Å². The average Bonchev–Trinajstić information content (AvgIpc) is 3.16. The standard InChI is InChI=1S/C23H23ClF3N3O2/c1-15(2)28-22(31)20-14-32-21(29-20)13-30(12-17-6-4-8-19(24)10-17)11-16-5-3-7-18(9-16)23(25,26)27/h3-10,14-15H,11-13H2,1-2H3,(H,28,31). The van der Waals surface area contributed by atoms with Crippen LogP contribution in [0, 0.1) is 0 Å². The van der Waals surface area contributed by atoms with Crippen molar-refractivity contribution < 1.29 is 22.4 Å². The maximum Gasteiger partial charge on any atom is 0.416 e. The third-order valence-electron chi connectivity index (χ3n) is 4.52. The molecule has 9 heteroatoms. The van der Waals surface area contributed by atoms with Crippen molar-refractivity contribution in [2.45, 2.75) is 45.7 Å². The van der Waals surface area contributed by atoms with Crippen LogP contribution in [0.4, 0.5) is 13.2 Å². The molecule has 0 radical (unpaired) electrons. The van der Waals surface area contributed by atoms with E-state index in [1.807, 2.05) is 24.8 Å². The van der Waals surface area contributed by atoms with Gasteiger partial charge in [0.15, 0.2) is 5.69 Å². The Morgan fingerprint density at radius 3 is 2.38 bits per heavy atom. The lowest BCUT2D eigenvalue weighted by atomic mass is 10.1. The van der Waals surface area contributed by atoms with Crippen molar-refractivity contribution >= 4 is 17.5 Å². The fourth-order valence-electron chi connectivity index (χ4n) is 3.18. The Labute approximate surface area is 189 Å². The lowest BCUT2D eigenvalue weighted by Gasteiger charge is -2.22. The van der Waals surface area contributed by atoms with Crippen LogP contribution < -0.4 is 5.32 Å². The molecule has 5 nitrogen and oxygen atoms in total. The third-order valence-corrected chi connectivity index (χ3v) is 4.75. The Morgan fingerprint density at radius 1 is 1.09 bits per heavy atom. The van der Waals surface area contributed by atoms with E-state index in [0.717, 1.165) is 17.7 Å². The molecule has 0 aliphatic carbocycles. The van der Waals surface area contributed by atoms with Crippen molar-refractivity contribution in [3.05, 3.63) is 88.1 Å². The van der Waals surface area contributed by atoms with Crippen LogP contribution in [0.25, 0.3) is 0 Å². The van der Waals surface area contributed by atoms with Crippen LogP contribution in [-0.2, 0) is 25.8 Å². The van der Waals surface area contributed by atoms with E-state index >= 15 is 0 Å². The monoisotopic (exact) mass is 465 g/mol. The maximum absolute atomic E-state index is 13.1. The third kappa shape index (κ3) is 6.83. The van der Waals surface area contributed by atoms with Crippen molar-refractivity contribution in [1.29, 1.82) is 0 Å². The molecule has 1 heterocycles. The molecule has 0 unspecified atom stereocenters. The molecule has 0 saturated carbocycles. The molecule has 32 heavy (non-hydrogen) atoms. The molecule has 0 aliphatic heterocycles. The molecule has 0 atom stereocenters. The molecule has 3 rings (SSSR count). The number of hydrogen-bond acceptors (Lipinski definition) is 4. The number of rotatable bonds is 8. The van der Waals surface area contributed by atoms with Crippen LogP contribution >= 0.6 is 11.6 Å². The largest absolute Gasteiger partial charge is 0.447 e. The molecule has 0 spiro atoms. The smallest absolute Gasteiger partial charge is 0.416 e. The summed E-state index contributed by atoms with van der Waals surface area (Å²) < 4.78 is 44.8. The predicted molar refractivity (Wildman–Crippen MR) is 115 cm³/mol. The van der Waals surface area contributed by atoms with Crippen LogP contribution in [0.3, 0.4) is 0 Å². The number of nitrogens with one attached hydrogen (secondary N) is 1. The fraction of sp³-hybridized carbons (Fsp3) is 0.304. The zero-order valence-corrected chi connectivity index (χ0v) is 18.4. The van der Waals surface area contributed by atoms with Crippen molar-refractivity contribution in [3.63, 3.8) is 0 Å². The number of halogens is 4. The summed E-state index contributed by atoms with van der Waals surface area (Å²) in [6.45, 7) is 4.47. The first kappa shape index (κ1) is 23.8. The zero-order chi connectivity index (χ0) is 23.3. The Hall–Kier alpha value is -2.84. The van der Waals surface area contributed by atoms with Gasteiger partial charge in [-0.2, -0.15) is 13.2 Å². The Kier molecular flexibility index (Phi) is 7.58. The molecule has 170 valence electrons. The quantitative estimate of drug-likeness (QED) is 0.464. The van der Waals surface area contributed by atoms with Gasteiger partial charge in [0.05, 0.1) is 12.1 Å². The van der Waals surface area contributed by atoms with Crippen LogP contribution in [0.1, 0.15) is 46.9 Å². The molecule has 2 aromatic carbocycles. The number of carbonyl (C=O) groups excluding carboxylic acids is 1.